The van der Waals surface area contributed by atoms with Gasteiger partial charge in [-0.15, -0.1) is 0 Å². The van der Waals surface area contributed by atoms with Gasteiger partial charge in [0.25, 0.3) is 17.7 Å². The average Bonchev–Trinajstić information content (AvgIpc) is 2.84. The van der Waals surface area contributed by atoms with Crippen molar-refractivity contribution in [2.24, 2.45) is 0 Å². The predicted molar refractivity (Wildman–Crippen MR) is 142 cm³/mol. The molecule has 5 amide bonds. The van der Waals surface area contributed by atoms with Gasteiger partial charge in [-0.25, -0.2) is 9.69 Å². The fourth-order valence-corrected chi connectivity index (χ4v) is 4.30. The van der Waals surface area contributed by atoms with Crippen LogP contribution < -0.4 is 20.3 Å². The van der Waals surface area contributed by atoms with Crippen molar-refractivity contribution < 1.29 is 23.9 Å². The zero-order valence-electron chi connectivity index (χ0n) is 19.2. The molecular formula is C26H18Cl3N3O5. The number of hydrogen-bond acceptors (Lipinski definition) is 5. The van der Waals surface area contributed by atoms with Gasteiger partial charge in [-0.1, -0.05) is 59.1 Å². The molecule has 0 unspecified atom stereocenters. The number of halogens is 3. The second-order valence-electron chi connectivity index (χ2n) is 7.91. The number of rotatable bonds is 6. The summed E-state index contributed by atoms with van der Waals surface area (Å²) in [4.78, 5) is 51.2. The van der Waals surface area contributed by atoms with Crippen LogP contribution in [0.4, 0.5) is 16.2 Å². The molecule has 3 aromatic rings. The predicted octanol–water partition coefficient (Wildman–Crippen LogP) is 5.64. The summed E-state index contributed by atoms with van der Waals surface area (Å²) in [6.45, 7) is 1.34. The molecule has 11 heteroatoms. The first-order valence-electron chi connectivity index (χ1n) is 10.8. The molecule has 1 fully saturated rings. The Morgan fingerprint density at radius 3 is 2.35 bits per heavy atom. The molecule has 3 aromatic carbocycles. The standard InChI is InChI=1S/C26H18Cl3N3O5/c1-14-7-8-16(27)12-21(14)32-25(35)18(24(34)31-26(32)36)9-15-10-19(28)23(20(29)11-15)37-13-22(33)30-17-5-3-2-4-6-17/h2-12H,13H2,1H3,(H,30,33)(H,31,34,36)/b18-9+. The maximum atomic E-state index is 13.2. The van der Waals surface area contributed by atoms with E-state index in [1.165, 1.54) is 24.3 Å². The minimum atomic E-state index is -0.897. The number of anilines is 2. The number of nitrogens with zero attached hydrogens (tertiary/aromatic N) is 1. The lowest BCUT2D eigenvalue weighted by Gasteiger charge is -2.27. The van der Waals surface area contributed by atoms with Crippen molar-refractivity contribution in [3.63, 3.8) is 0 Å². The Morgan fingerprint density at radius 1 is 1.00 bits per heavy atom. The number of ether oxygens (including phenoxy) is 1. The van der Waals surface area contributed by atoms with Gasteiger partial charge in [0.05, 0.1) is 15.7 Å². The highest BCUT2D eigenvalue weighted by atomic mass is 35.5. The minimum Gasteiger partial charge on any atom is -0.481 e. The topological polar surface area (TPSA) is 105 Å². The Balaban J connectivity index is 1.56. The molecule has 0 radical (unpaired) electrons. The van der Waals surface area contributed by atoms with E-state index in [2.05, 4.69) is 10.6 Å². The second-order valence-corrected chi connectivity index (χ2v) is 9.16. The molecule has 1 heterocycles. The highest BCUT2D eigenvalue weighted by molar-refractivity contribution is 6.40. The van der Waals surface area contributed by atoms with E-state index in [0.29, 0.717) is 21.8 Å². The normalized spacial score (nSPS) is 14.5. The highest BCUT2D eigenvalue weighted by Gasteiger charge is 2.37. The van der Waals surface area contributed by atoms with Gasteiger partial charge >= 0.3 is 6.03 Å². The number of urea groups is 1. The molecule has 2 N–H and O–H groups in total. The number of para-hydroxylation sites is 1. The van der Waals surface area contributed by atoms with Gasteiger partial charge in [-0.05, 0) is 60.5 Å². The lowest BCUT2D eigenvalue weighted by molar-refractivity contribution is -0.122. The molecule has 1 aliphatic heterocycles. The molecule has 1 aliphatic rings. The van der Waals surface area contributed by atoms with Crippen molar-refractivity contribution in [2.45, 2.75) is 6.92 Å². The number of carbonyl (C=O) groups excluding carboxylic acids is 4. The number of amides is 5. The van der Waals surface area contributed by atoms with Crippen molar-refractivity contribution >= 4 is 76.0 Å². The number of carbonyl (C=O) groups is 4. The molecule has 0 atom stereocenters. The van der Waals surface area contributed by atoms with Crippen molar-refractivity contribution in [1.29, 1.82) is 0 Å². The number of barbiturate groups is 1. The third kappa shape index (κ3) is 5.94. The minimum absolute atomic E-state index is 0.0501. The van der Waals surface area contributed by atoms with Crippen LogP contribution in [-0.4, -0.2) is 30.4 Å². The summed E-state index contributed by atoms with van der Waals surface area (Å²) < 4.78 is 5.49. The number of imide groups is 2. The van der Waals surface area contributed by atoms with Crippen molar-refractivity contribution in [2.75, 3.05) is 16.8 Å². The summed E-state index contributed by atoms with van der Waals surface area (Å²) in [5, 5.41) is 5.24. The first-order valence-corrected chi connectivity index (χ1v) is 11.9. The van der Waals surface area contributed by atoms with E-state index < -0.39 is 23.8 Å². The molecule has 8 nitrogen and oxygen atoms in total. The van der Waals surface area contributed by atoms with Gasteiger partial charge in [-0.2, -0.15) is 0 Å². The average molecular weight is 559 g/mol. The third-order valence-electron chi connectivity index (χ3n) is 5.25. The molecule has 4 rings (SSSR count). The Hall–Kier alpha value is -3.85. The number of benzene rings is 3. The maximum absolute atomic E-state index is 13.2. The summed E-state index contributed by atoms with van der Waals surface area (Å²) in [5.74, 6) is -2.09. The van der Waals surface area contributed by atoms with Gasteiger partial charge in [-0.3, -0.25) is 19.7 Å². The van der Waals surface area contributed by atoms with Crippen molar-refractivity contribution in [3.8, 4) is 5.75 Å². The number of aryl methyl sites for hydroxylation is 1. The lowest BCUT2D eigenvalue weighted by atomic mass is 10.1. The van der Waals surface area contributed by atoms with Crippen LogP contribution in [0.1, 0.15) is 11.1 Å². The van der Waals surface area contributed by atoms with E-state index in [4.69, 9.17) is 39.5 Å². The fourth-order valence-electron chi connectivity index (χ4n) is 3.52. The molecule has 0 bridgehead atoms. The van der Waals surface area contributed by atoms with Gasteiger partial charge < -0.3 is 10.1 Å². The second kappa shape index (κ2) is 11.0. The smallest absolute Gasteiger partial charge is 0.335 e. The van der Waals surface area contributed by atoms with Crippen LogP contribution in [0.25, 0.3) is 6.08 Å². The van der Waals surface area contributed by atoms with Gasteiger partial charge in [0, 0.05) is 10.7 Å². The SMILES string of the molecule is Cc1ccc(Cl)cc1N1C(=O)NC(=O)/C(=C\c2cc(Cl)c(OCC(=O)Nc3ccccc3)c(Cl)c2)C1=O. The summed E-state index contributed by atoms with van der Waals surface area (Å²) in [7, 11) is 0. The van der Waals surface area contributed by atoms with E-state index in [1.54, 1.807) is 43.3 Å². The van der Waals surface area contributed by atoms with E-state index in [1.807, 2.05) is 6.07 Å². The fraction of sp³-hybridized carbons (Fsp3) is 0.0769. The Labute approximate surface area is 226 Å². The van der Waals surface area contributed by atoms with Gasteiger partial charge in [0.1, 0.15) is 5.57 Å². The van der Waals surface area contributed by atoms with E-state index >= 15 is 0 Å². The molecule has 0 aromatic heterocycles. The van der Waals surface area contributed by atoms with E-state index in [9.17, 15) is 19.2 Å². The largest absolute Gasteiger partial charge is 0.481 e. The van der Waals surface area contributed by atoms with Gasteiger partial charge in [0.2, 0.25) is 0 Å². The van der Waals surface area contributed by atoms with Gasteiger partial charge in [0.15, 0.2) is 12.4 Å². The summed E-state index contributed by atoms with van der Waals surface area (Å²) in [6, 6.07) is 15.5. The lowest BCUT2D eigenvalue weighted by Crippen LogP contribution is -2.54. The van der Waals surface area contributed by atoms with E-state index in [0.717, 1.165) is 4.90 Å². The van der Waals surface area contributed by atoms with Crippen LogP contribution >= 0.6 is 34.8 Å². The molecule has 1 saturated heterocycles. The Morgan fingerprint density at radius 2 is 1.68 bits per heavy atom. The van der Waals surface area contributed by atoms with E-state index in [-0.39, 0.29) is 33.7 Å². The zero-order chi connectivity index (χ0) is 26.7. The molecular weight excluding hydrogens is 541 g/mol. The number of hydrogen-bond donors (Lipinski definition) is 2. The Bertz CT molecular complexity index is 1430. The van der Waals surface area contributed by atoms with Crippen molar-refractivity contribution in [3.05, 3.63) is 92.4 Å². The number of nitrogens with one attached hydrogen (secondary N) is 2. The van der Waals surface area contributed by atoms with Crippen LogP contribution in [0.15, 0.2) is 66.2 Å². The molecule has 0 saturated carbocycles. The molecule has 0 aliphatic carbocycles. The third-order valence-corrected chi connectivity index (χ3v) is 6.05. The first kappa shape index (κ1) is 26.2. The first-order chi connectivity index (χ1) is 17.6. The molecule has 0 spiro atoms. The van der Waals surface area contributed by atoms with Crippen LogP contribution in [0.5, 0.6) is 5.75 Å². The van der Waals surface area contributed by atoms with Crippen LogP contribution in [0.2, 0.25) is 15.1 Å². The van der Waals surface area contributed by atoms with Crippen LogP contribution in [0, 0.1) is 6.92 Å². The molecule has 37 heavy (non-hydrogen) atoms. The summed E-state index contributed by atoms with van der Waals surface area (Å²) in [6.07, 6.45) is 1.25. The van der Waals surface area contributed by atoms with Crippen LogP contribution in [0.3, 0.4) is 0 Å². The summed E-state index contributed by atoms with van der Waals surface area (Å²) >= 11 is 18.7. The highest BCUT2D eigenvalue weighted by Crippen LogP contribution is 2.35. The molecule has 188 valence electrons. The van der Waals surface area contributed by atoms with Crippen LogP contribution in [-0.2, 0) is 14.4 Å². The quantitative estimate of drug-likeness (QED) is 0.301. The zero-order valence-corrected chi connectivity index (χ0v) is 21.4. The summed E-state index contributed by atoms with van der Waals surface area (Å²) in [5.41, 5.74) is 1.42. The van der Waals surface area contributed by atoms with Crippen molar-refractivity contribution in [1.82, 2.24) is 5.32 Å². The monoisotopic (exact) mass is 557 g/mol. The maximum Gasteiger partial charge on any atom is 0.335 e. The Kier molecular flexibility index (Phi) is 7.83.